The summed E-state index contributed by atoms with van der Waals surface area (Å²) in [4.78, 5) is 28.4. The minimum Gasteiger partial charge on any atom is -0.496 e. The quantitative estimate of drug-likeness (QED) is 0.512. The average Bonchev–Trinajstić information content (AvgIpc) is 3.08. The Labute approximate surface area is 164 Å². The van der Waals surface area contributed by atoms with E-state index in [9.17, 15) is 9.59 Å². The highest BCUT2D eigenvalue weighted by Crippen LogP contribution is 2.27. The van der Waals surface area contributed by atoms with E-state index in [1.165, 1.54) is 25.6 Å². The van der Waals surface area contributed by atoms with Crippen molar-refractivity contribution < 1.29 is 19.1 Å². The second-order valence-corrected chi connectivity index (χ2v) is 6.74. The summed E-state index contributed by atoms with van der Waals surface area (Å²) in [6.07, 6.45) is 0. The Kier molecular flexibility index (Phi) is 5.63. The van der Waals surface area contributed by atoms with Gasteiger partial charge in [0, 0.05) is 0 Å². The monoisotopic (exact) mass is 401 g/mol. The van der Waals surface area contributed by atoms with Crippen LogP contribution in [-0.4, -0.2) is 36.2 Å². The van der Waals surface area contributed by atoms with Crippen LogP contribution in [0.2, 0.25) is 0 Å². The molecule has 0 saturated heterocycles. The fraction of sp³-hybridized carbons (Fsp3) is 0.111. The lowest BCUT2D eigenvalue weighted by molar-refractivity contribution is 0.0600. The lowest BCUT2D eigenvalue weighted by Gasteiger charge is -2.09. The summed E-state index contributed by atoms with van der Waals surface area (Å²) >= 11 is 6.50. The smallest absolute Gasteiger partial charge is 0.337 e. The van der Waals surface area contributed by atoms with Crippen molar-refractivity contribution in [1.29, 1.82) is 0 Å². The van der Waals surface area contributed by atoms with E-state index >= 15 is 0 Å². The number of rotatable bonds is 4. The van der Waals surface area contributed by atoms with Crippen LogP contribution < -0.4 is 15.4 Å². The number of hydrogen-bond acceptors (Lipinski definition) is 7. The standard InChI is InChI=1S/C18H15N3O4S2/c1-24-13-6-4-3-5-11(13)15(22)20-17(26)21-18-19-12-8-7-10(16(23)25-2)9-14(12)27-18/h3-9H,1-2H3,(H2,19,20,21,22,26). The highest BCUT2D eigenvalue weighted by atomic mass is 32.1. The van der Waals surface area contributed by atoms with Gasteiger partial charge in [-0.2, -0.15) is 0 Å². The van der Waals surface area contributed by atoms with E-state index in [0.717, 1.165) is 4.70 Å². The molecule has 1 heterocycles. The number of nitrogens with zero attached hydrogens (tertiary/aromatic N) is 1. The molecular formula is C18H15N3O4S2. The zero-order chi connectivity index (χ0) is 19.4. The molecule has 9 heteroatoms. The Morgan fingerprint density at radius 1 is 1.15 bits per heavy atom. The maximum atomic E-state index is 12.4. The molecule has 27 heavy (non-hydrogen) atoms. The van der Waals surface area contributed by atoms with Crippen LogP contribution in [0, 0.1) is 0 Å². The van der Waals surface area contributed by atoms with E-state index in [-0.39, 0.29) is 11.0 Å². The van der Waals surface area contributed by atoms with Crippen LogP contribution in [0.25, 0.3) is 10.2 Å². The van der Waals surface area contributed by atoms with Gasteiger partial charge in [-0.25, -0.2) is 9.78 Å². The van der Waals surface area contributed by atoms with Crippen LogP contribution in [0.1, 0.15) is 20.7 Å². The molecule has 0 aliphatic rings. The molecule has 2 aromatic carbocycles. The van der Waals surface area contributed by atoms with Gasteiger partial charge in [0.2, 0.25) is 0 Å². The molecule has 1 aromatic heterocycles. The molecule has 1 amide bonds. The Hall–Kier alpha value is -3.04. The fourth-order valence-corrected chi connectivity index (χ4v) is 3.52. The third-order valence-electron chi connectivity index (χ3n) is 3.61. The number of ether oxygens (including phenoxy) is 2. The van der Waals surface area contributed by atoms with Gasteiger partial charge in [0.05, 0.1) is 35.6 Å². The highest BCUT2D eigenvalue weighted by molar-refractivity contribution is 7.80. The normalized spacial score (nSPS) is 10.3. The number of hydrogen-bond donors (Lipinski definition) is 2. The zero-order valence-electron chi connectivity index (χ0n) is 14.4. The predicted molar refractivity (Wildman–Crippen MR) is 108 cm³/mol. The lowest BCUT2D eigenvalue weighted by atomic mass is 10.2. The van der Waals surface area contributed by atoms with Gasteiger partial charge in [-0.15, -0.1) is 0 Å². The van der Waals surface area contributed by atoms with E-state index in [0.29, 0.717) is 27.5 Å². The number of thiazole rings is 1. The molecule has 2 N–H and O–H groups in total. The summed E-state index contributed by atoms with van der Waals surface area (Å²) in [5.74, 6) is -0.355. The number of carbonyl (C=O) groups is 2. The van der Waals surface area contributed by atoms with Crippen molar-refractivity contribution in [1.82, 2.24) is 10.3 Å². The van der Waals surface area contributed by atoms with Crippen LogP contribution in [0.3, 0.4) is 0 Å². The first-order chi connectivity index (χ1) is 13.0. The number of amides is 1. The van der Waals surface area contributed by atoms with Gasteiger partial charge in [-0.05, 0) is 42.5 Å². The number of anilines is 1. The molecule has 0 aliphatic carbocycles. The number of thiocarbonyl (C=S) groups is 1. The summed E-state index contributed by atoms with van der Waals surface area (Å²) in [6, 6.07) is 11.9. The maximum Gasteiger partial charge on any atom is 0.337 e. The summed E-state index contributed by atoms with van der Waals surface area (Å²) in [7, 11) is 2.82. The zero-order valence-corrected chi connectivity index (χ0v) is 16.1. The first kappa shape index (κ1) is 18.7. The predicted octanol–water partition coefficient (Wildman–Crippen LogP) is 3.22. The molecule has 0 radical (unpaired) electrons. The van der Waals surface area contributed by atoms with Crippen molar-refractivity contribution in [2.75, 3.05) is 19.5 Å². The Morgan fingerprint density at radius 2 is 1.93 bits per heavy atom. The maximum absolute atomic E-state index is 12.4. The van der Waals surface area contributed by atoms with E-state index in [1.54, 1.807) is 42.5 Å². The van der Waals surface area contributed by atoms with E-state index < -0.39 is 5.97 Å². The van der Waals surface area contributed by atoms with Gasteiger partial charge in [0.25, 0.3) is 5.91 Å². The first-order valence-electron chi connectivity index (χ1n) is 7.76. The van der Waals surface area contributed by atoms with Gasteiger partial charge in [0.1, 0.15) is 5.75 Å². The van der Waals surface area contributed by atoms with E-state index in [4.69, 9.17) is 21.7 Å². The average molecular weight is 401 g/mol. The summed E-state index contributed by atoms with van der Waals surface area (Å²) in [6.45, 7) is 0. The third kappa shape index (κ3) is 4.21. The van der Waals surface area contributed by atoms with E-state index in [2.05, 4.69) is 15.6 Å². The van der Waals surface area contributed by atoms with Crippen LogP contribution in [-0.2, 0) is 4.74 Å². The molecule has 3 aromatic rings. The summed E-state index contributed by atoms with van der Waals surface area (Å²) in [5, 5.41) is 6.09. The first-order valence-corrected chi connectivity index (χ1v) is 8.98. The van der Waals surface area contributed by atoms with Gasteiger partial charge in [-0.1, -0.05) is 23.5 Å². The van der Waals surface area contributed by atoms with Crippen molar-refractivity contribution in [2.24, 2.45) is 0 Å². The molecular weight excluding hydrogens is 386 g/mol. The minimum atomic E-state index is -0.417. The van der Waals surface area contributed by atoms with Crippen molar-refractivity contribution >= 4 is 55.9 Å². The Bertz CT molecular complexity index is 1030. The lowest BCUT2D eigenvalue weighted by Crippen LogP contribution is -2.34. The molecule has 0 fully saturated rings. The number of fused-ring (bicyclic) bond motifs is 1. The van der Waals surface area contributed by atoms with Crippen LogP contribution in [0.5, 0.6) is 5.75 Å². The number of benzene rings is 2. The second kappa shape index (κ2) is 8.11. The molecule has 3 rings (SSSR count). The minimum absolute atomic E-state index is 0.109. The molecule has 138 valence electrons. The SMILES string of the molecule is COC(=O)c1ccc2nc(NC(=S)NC(=O)c3ccccc3OC)sc2c1. The molecule has 0 spiro atoms. The number of methoxy groups -OCH3 is 2. The molecule has 0 bridgehead atoms. The second-order valence-electron chi connectivity index (χ2n) is 5.30. The topological polar surface area (TPSA) is 89.5 Å². The summed E-state index contributed by atoms with van der Waals surface area (Å²) < 4.78 is 10.7. The number of nitrogens with one attached hydrogen (secondary N) is 2. The number of carbonyl (C=O) groups excluding carboxylic acids is 2. The molecule has 0 saturated carbocycles. The van der Waals surface area contributed by atoms with Crippen molar-refractivity contribution in [2.45, 2.75) is 0 Å². The van der Waals surface area contributed by atoms with E-state index in [1.807, 2.05) is 0 Å². The third-order valence-corrected chi connectivity index (χ3v) is 4.75. The van der Waals surface area contributed by atoms with Crippen molar-refractivity contribution in [3.63, 3.8) is 0 Å². The number of aromatic nitrogens is 1. The van der Waals surface area contributed by atoms with Crippen LogP contribution in [0.4, 0.5) is 5.13 Å². The van der Waals surface area contributed by atoms with Crippen LogP contribution in [0.15, 0.2) is 42.5 Å². The number of esters is 1. The molecule has 0 atom stereocenters. The van der Waals surface area contributed by atoms with Gasteiger partial charge in [-0.3, -0.25) is 10.1 Å². The largest absolute Gasteiger partial charge is 0.496 e. The Balaban J connectivity index is 1.72. The van der Waals surface area contributed by atoms with Crippen LogP contribution >= 0.6 is 23.6 Å². The van der Waals surface area contributed by atoms with Gasteiger partial charge in [0.15, 0.2) is 10.2 Å². The summed E-state index contributed by atoms with van der Waals surface area (Å²) in [5.41, 5.74) is 1.51. The van der Waals surface area contributed by atoms with Crippen molar-refractivity contribution in [3.05, 3.63) is 53.6 Å². The van der Waals surface area contributed by atoms with Crippen molar-refractivity contribution in [3.8, 4) is 5.75 Å². The fourth-order valence-electron chi connectivity index (χ4n) is 2.35. The molecule has 0 unspecified atom stereocenters. The molecule has 7 nitrogen and oxygen atoms in total. The van der Waals surface area contributed by atoms with Gasteiger partial charge >= 0.3 is 5.97 Å². The Morgan fingerprint density at radius 3 is 2.67 bits per heavy atom. The van der Waals surface area contributed by atoms with Gasteiger partial charge < -0.3 is 14.8 Å². The molecule has 0 aliphatic heterocycles. The highest BCUT2D eigenvalue weighted by Gasteiger charge is 2.14. The number of para-hydroxylation sites is 1.